The van der Waals surface area contributed by atoms with Crippen molar-refractivity contribution in [2.45, 2.75) is 70.1 Å². The molecule has 0 aromatic heterocycles. The van der Waals surface area contributed by atoms with Gasteiger partial charge < -0.3 is 19.3 Å². The molecule has 5 heteroatoms. The highest BCUT2D eigenvalue weighted by Gasteiger charge is 2.68. The summed E-state index contributed by atoms with van der Waals surface area (Å²) in [5.41, 5.74) is 0.355. The standard InChI is InChI=1S/C25H30O5/c1-6-23(5)13-20-18(12-17(23)14(2)3)25(21(26)28-20)10-9-24(27)16-8-7-15(4)11-19(16)29-22(24)30-25/h6-8,11,17-18,20,22,27H,1-2,9-10,12-13H2,3-5H3. The Kier molecular flexibility index (Phi) is 4.10. The minimum atomic E-state index is -1.25. The lowest BCUT2D eigenvalue weighted by atomic mass is 9.58. The molecule has 160 valence electrons. The fraction of sp³-hybridized carbons (Fsp3) is 0.560. The number of hydrogen-bond donors (Lipinski definition) is 1. The van der Waals surface area contributed by atoms with E-state index < -0.39 is 17.5 Å². The molecule has 3 heterocycles. The number of benzene rings is 1. The molecule has 0 bridgehead atoms. The Labute approximate surface area is 177 Å². The monoisotopic (exact) mass is 410 g/mol. The van der Waals surface area contributed by atoms with Gasteiger partial charge in [0.25, 0.3) is 0 Å². The lowest BCUT2D eigenvalue weighted by Crippen LogP contribution is -2.59. The van der Waals surface area contributed by atoms with Gasteiger partial charge in [-0.2, -0.15) is 0 Å². The van der Waals surface area contributed by atoms with Crippen molar-refractivity contribution in [1.29, 1.82) is 0 Å². The molecule has 0 radical (unpaired) electrons. The molecule has 4 aliphatic rings. The van der Waals surface area contributed by atoms with Gasteiger partial charge in [-0.3, -0.25) is 0 Å². The summed E-state index contributed by atoms with van der Waals surface area (Å²) in [6.45, 7) is 14.4. The van der Waals surface area contributed by atoms with Gasteiger partial charge in [-0.05, 0) is 62.5 Å². The predicted molar refractivity (Wildman–Crippen MR) is 112 cm³/mol. The highest BCUT2D eigenvalue weighted by atomic mass is 16.7. The summed E-state index contributed by atoms with van der Waals surface area (Å²) in [7, 11) is 0. The molecule has 1 aliphatic carbocycles. The summed E-state index contributed by atoms with van der Waals surface area (Å²) in [6.07, 6.45) is 3.07. The third kappa shape index (κ3) is 2.45. The van der Waals surface area contributed by atoms with E-state index in [0.717, 1.165) is 23.1 Å². The zero-order chi connectivity index (χ0) is 21.5. The Morgan fingerprint density at radius 2 is 2.07 bits per heavy atom. The van der Waals surface area contributed by atoms with E-state index in [4.69, 9.17) is 14.2 Å². The van der Waals surface area contributed by atoms with E-state index in [2.05, 4.69) is 20.1 Å². The molecule has 1 N–H and O–H groups in total. The van der Waals surface area contributed by atoms with Gasteiger partial charge in [0.15, 0.2) is 11.2 Å². The Balaban J connectivity index is 1.49. The molecule has 3 aliphatic heterocycles. The van der Waals surface area contributed by atoms with Crippen LogP contribution < -0.4 is 4.74 Å². The quantitative estimate of drug-likeness (QED) is 0.586. The summed E-state index contributed by atoms with van der Waals surface area (Å²) < 4.78 is 18.3. The SMILES string of the molecule is C=CC1(C)CC2OC(=O)C3(CCC4(O)c5ccc(C)cc5OC4O3)C2CC1C(=C)C. The van der Waals surface area contributed by atoms with E-state index in [1.54, 1.807) is 0 Å². The van der Waals surface area contributed by atoms with Crippen LogP contribution in [0.2, 0.25) is 0 Å². The zero-order valence-corrected chi connectivity index (χ0v) is 17.9. The van der Waals surface area contributed by atoms with E-state index in [1.165, 1.54) is 0 Å². The second-order valence-corrected chi connectivity index (χ2v) is 9.98. The Morgan fingerprint density at radius 3 is 2.77 bits per heavy atom. The van der Waals surface area contributed by atoms with Gasteiger partial charge in [-0.1, -0.05) is 37.3 Å². The first kappa shape index (κ1) is 19.8. The number of carbonyl (C=O) groups is 1. The fourth-order valence-electron chi connectivity index (χ4n) is 6.23. The fourth-order valence-corrected chi connectivity index (χ4v) is 6.23. The number of allylic oxidation sites excluding steroid dienone is 2. The van der Waals surface area contributed by atoms with Crippen LogP contribution in [0.15, 0.2) is 43.0 Å². The number of fused-ring (bicyclic) bond motifs is 5. The van der Waals surface area contributed by atoms with Crippen molar-refractivity contribution in [3.05, 3.63) is 54.1 Å². The van der Waals surface area contributed by atoms with Crippen molar-refractivity contribution in [2.24, 2.45) is 17.3 Å². The van der Waals surface area contributed by atoms with Crippen LogP contribution in [0.1, 0.15) is 50.7 Å². The number of aliphatic hydroxyl groups is 1. The molecule has 1 aromatic rings. The minimum absolute atomic E-state index is 0.0988. The molecule has 1 aromatic carbocycles. The van der Waals surface area contributed by atoms with E-state index in [9.17, 15) is 9.90 Å². The number of aryl methyl sites for hydroxylation is 1. The van der Waals surface area contributed by atoms with Gasteiger partial charge in [0.05, 0.1) is 0 Å². The van der Waals surface area contributed by atoms with Crippen LogP contribution in [0, 0.1) is 24.2 Å². The third-order valence-corrected chi connectivity index (χ3v) is 8.06. The molecule has 1 spiro atoms. The number of hydrogen-bond acceptors (Lipinski definition) is 5. The topological polar surface area (TPSA) is 65.0 Å². The lowest BCUT2D eigenvalue weighted by molar-refractivity contribution is -0.278. The summed E-state index contributed by atoms with van der Waals surface area (Å²) in [5, 5.41) is 11.4. The van der Waals surface area contributed by atoms with Crippen molar-refractivity contribution in [3.63, 3.8) is 0 Å². The number of esters is 1. The van der Waals surface area contributed by atoms with Crippen molar-refractivity contribution in [1.82, 2.24) is 0 Å². The predicted octanol–water partition coefficient (Wildman–Crippen LogP) is 4.17. The molecule has 5 rings (SSSR count). The Morgan fingerprint density at radius 1 is 1.30 bits per heavy atom. The molecule has 2 saturated heterocycles. The van der Waals surface area contributed by atoms with Crippen LogP contribution in [0.25, 0.3) is 0 Å². The van der Waals surface area contributed by atoms with Crippen LogP contribution >= 0.6 is 0 Å². The smallest absolute Gasteiger partial charge is 0.339 e. The van der Waals surface area contributed by atoms with Gasteiger partial charge in [-0.25, -0.2) is 4.79 Å². The molecule has 5 nitrogen and oxygen atoms in total. The van der Waals surface area contributed by atoms with Gasteiger partial charge in [-0.15, -0.1) is 6.58 Å². The van der Waals surface area contributed by atoms with Gasteiger partial charge in [0.1, 0.15) is 11.9 Å². The zero-order valence-electron chi connectivity index (χ0n) is 17.9. The molecular weight excluding hydrogens is 380 g/mol. The second kappa shape index (κ2) is 6.21. The molecule has 7 unspecified atom stereocenters. The first-order valence-electron chi connectivity index (χ1n) is 10.8. The molecule has 7 atom stereocenters. The average molecular weight is 411 g/mol. The molecular formula is C25H30O5. The summed E-state index contributed by atoms with van der Waals surface area (Å²) in [5.74, 6) is 0.393. The van der Waals surface area contributed by atoms with Crippen molar-refractivity contribution >= 4 is 5.97 Å². The van der Waals surface area contributed by atoms with Crippen LogP contribution in [0.5, 0.6) is 5.75 Å². The maximum atomic E-state index is 13.2. The Hall–Kier alpha value is -2.11. The first-order chi connectivity index (χ1) is 14.1. The Bertz CT molecular complexity index is 953. The normalized spacial score (nSPS) is 43.9. The maximum Gasteiger partial charge on any atom is 0.339 e. The van der Waals surface area contributed by atoms with Crippen LogP contribution in [-0.4, -0.2) is 29.1 Å². The summed E-state index contributed by atoms with van der Waals surface area (Å²) in [4.78, 5) is 13.2. The first-order valence-corrected chi connectivity index (χ1v) is 10.8. The van der Waals surface area contributed by atoms with Crippen LogP contribution in [0.3, 0.4) is 0 Å². The van der Waals surface area contributed by atoms with E-state index in [0.29, 0.717) is 25.0 Å². The van der Waals surface area contributed by atoms with Crippen molar-refractivity contribution < 1.29 is 24.1 Å². The highest BCUT2D eigenvalue weighted by molar-refractivity contribution is 5.83. The molecule has 1 saturated carbocycles. The molecule has 30 heavy (non-hydrogen) atoms. The van der Waals surface area contributed by atoms with Crippen LogP contribution in [0.4, 0.5) is 0 Å². The summed E-state index contributed by atoms with van der Waals surface area (Å²) >= 11 is 0. The average Bonchev–Trinajstić information content (AvgIpc) is 3.11. The van der Waals surface area contributed by atoms with Gasteiger partial charge >= 0.3 is 5.97 Å². The largest absolute Gasteiger partial charge is 0.461 e. The van der Waals surface area contributed by atoms with Crippen molar-refractivity contribution in [2.75, 3.05) is 0 Å². The van der Waals surface area contributed by atoms with E-state index in [1.807, 2.05) is 38.1 Å². The van der Waals surface area contributed by atoms with Crippen LogP contribution in [-0.2, 0) is 19.9 Å². The van der Waals surface area contributed by atoms with Gasteiger partial charge in [0, 0.05) is 11.5 Å². The number of rotatable bonds is 2. The molecule has 0 amide bonds. The second-order valence-electron chi connectivity index (χ2n) is 9.98. The summed E-state index contributed by atoms with van der Waals surface area (Å²) in [6, 6.07) is 5.77. The maximum absolute atomic E-state index is 13.2. The van der Waals surface area contributed by atoms with E-state index >= 15 is 0 Å². The third-order valence-electron chi connectivity index (χ3n) is 8.06. The highest BCUT2D eigenvalue weighted by Crippen LogP contribution is 2.59. The van der Waals surface area contributed by atoms with E-state index in [-0.39, 0.29) is 29.3 Å². The number of carbonyl (C=O) groups excluding carboxylic acids is 1. The lowest BCUT2D eigenvalue weighted by Gasteiger charge is -2.49. The number of ether oxygens (including phenoxy) is 3. The van der Waals surface area contributed by atoms with Gasteiger partial charge in [0.2, 0.25) is 6.29 Å². The molecule has 3 fully saturated rings. The van der Waals surface area contributed by atoms with Crippen molar-refractivity contribution in [3.8, 4) is 5.75 Å². The minimum Gasteiger partial charge on any atom is -0.461 e.